The van der Waals surface area contributed by atoms with Gasteiger partial charge in [0.25, 0.3) is 0 Å². The molecular weight excluding hydrogens is 196 g/mol. The van der Waals surface area contributed by atoms with Crippen LogP contribution in [0.1, 0.15) is 40.0 Å². The third kappa shape index (κ3) is 3.84. The van der Waals surface area contributed by atoms with Gasteiger partial charge in [-0.05, 0) is 20.3 Å². The van der Waals surface area contributed by atoms with Crippen LogP contribution in [0.4, 0.5) is 5.69 Å². The lowest BCUT2D eigenvalue weighted by Gasteiger charge is -2.19. The van der Waals surface area contributed by atoms with Crippen LogP contribution in [0.2, 0.25) is 0 Å². The van der Waals surface area contributed by atoms with E-state index in [0.29, 0.717) is 0 Å². The van der Waals surface area contributed by atoms with Gasteiger partial charge in [0.05, 0.1) is 0 Å². The zero-order valence-electron chi connectivity index (χ0n) is 10.9. The third-order valence-corrected chi connectivity index (χ3v) is 3.02. The van der Waals surface area contributed by atoms with Crippen LogP contribution in [-0.4, -0.2) is 13.1 Å². The van der Waals surface area contributed by atoms with Crippen LogP contribution < -0.4 is 9.47 Å². The van der Waals surface area contributed by atoms with Crippen molar-refractivity contribution in [3.05, 3.63) is 24.5 Å². The molecule has 16 heavy (non-hydrogen) atoms. The molecule has 0 radical (unpaired) electrons. The molecule has 0 saturated carbocycles. The van der Waals surface area contributed by atoms with Crippen LogP contribution in [-0.2, 0) is 6.54 Å². The number of aryl methyl sites for hydroxylation is 1. The molecule has 1 rings (SSSR count). The van der Waals surface area contributed by atoms with Crippen molar-refractivity contribution in [1.82, 2.24) is 0 Å². The molecule has 0 saturated heterocycles. The van der Waals surface area contributed by atoms with Gasteiger partial charge in [-0.1, -0.05) is 13.3 Å². The van der Waals surface area contributed by atoms with Crippen molar-refractivity contribution in [1.29, 1.82) is 0 Å². The first-order valence-corrected chi connectivity index (χ1v) is 6.55. The van der Waals surface area contributed by atoms with E-state index in [1.165, 1.54) is 24.9 Å². The Labute approximate surface area is 99.9 Å². The van der Waals surface area contributed by atoms with Crippen LogP contribution in [0, 0.1) is 0 Å². The van der Waals surface area contributed by atoms with E-state index in [1.54, 1.807) is 0 Å². The molecular formula is C14H25N2+. The predicted molar refractivity (Wildman–Crippen MR) is 69.7 cm³/mol. The van der Waals surface area contributed by atoms with Gasteiger partial charge in [0.1, 0.15) is 6.54 Å². The van der Waals surface area contributed by atoms with Gasteiger partial charge < -0.3 is 4.90 Å². The molecule has 0 aliphatic carbocycles. The Morgan fingerprint density at radius 3 is 2.12 bits per heavy atom. The molecule has 2 nitrogen and oxygen atoms in total. The Morgan fingerprint density at radius 1 is 1.00 bits per heavy atom. The molecule has 0 aliphatic rings. The predicted octanol–water partition coefficient (Wildman–Crippen LogP) is 3.01. The third-order valence-electron chi connectivity index (χ3n) is 3.02. The number of hydrogen-bond acceptors (Lipinski definition) is 1. The molecule has 0 aromatic carbocycles. The number of rotatable bonds is 7. The minimum Gasteiger partial charge on any atom is -0.372 e. The van der Waals surface area contributed by atoms with Crippen molar-refractivity contribution < 1.29 is 4.57 Å². The van der Waals surface area contributed by atoms with E-state index in [0.717, 1.165) is 19.6 Å². The van der Waals surface area contributed by atoms with Gasteiger partial charge in [-0.25, -0.2) is 4.57 Å². The van der Waals surface area contributed by atoms with Crippen LogP contribution in [0.25, 0.3) is 0 Å². The fourth-order valence-corrected chi connectivity index (χ4v) is 1.94. The first kappa shape index (κ1) is 13.0. The summed E-state index contributed by atoms with van der Waals surface area (Å²) in [7, 11) is 0. The average Bonchev–Trinajstić information content (AvgIpc) is 2.33. The highest BCUT2D eigenvalue weighted by atomic mass is 15.1. The molecule has 0 atom stereocenters. The molecule has 0 spiro atoms. The average molecular weight is 221 g/mol. The zero-order chi connectivity index (χ0) is 11.8. The second-order valence-electron chi connectivity index (χ2n) is 4.17. The second kappa shape index (κ2) is 7.26. The van der Waals surface area contributed by atoms with Crippen LogP contribution in [0.15, 0.2) is 24.5 Å². The normalized spacial score (nSPS) is 10.4. The van der Waals surface area contributed by atoms with E-state index >= 15 is 0 Å². The Hall–Kier alpha value is -1.05. The Morgan fingerprint density at radius 2 is 1.62 bits per heavy atom. The lowest BCUT2D eigenvalue weighted by molar-refractivity contribution is -0.697. The lowest BCUT2D eigenvalue weighted by Crippen LogP contribution is -2.33. The second-order valence-corrected chi connectivity index (χ2v) is 4.17. The van der Waals surface area contributed by atoms with Crippen molar-refractivity contribution >= 4 is 5.69 Å². The van der Waals surface area contributed by atoms with Crippen molar-refractivity contribution in [3.63, 3.8) is 0 Å². The summed E-state index contributed by atoms with van der Waals surface area (Å²) in [5.74, 6) is 0. The molecule has 0 N–H and O–H groups in total. The summed E-state index contributed by atoms with van der Waals surface area (Å²) < 4.78 is 2.28. The summed E-state index contributed by atoms with van der Waals surface area (Å²) >= 11 is 0. The van der Waals surface area contributed by atoms with Gasteiger partial charge in [0, 0.05) is 37.3 Å². The van der Waals surface area contributed by atoms with Crippen LogP contribution in [0.3, 0.4) is 0 Å². The number of aromatic nitrogens is 1. The van der Waals surface area contributed by atoms with Crippen molar-refractivity contribution in [2.45, 2.75) is 46.6 Å². The largest absolute Gasteiger partial charge is 0.372 e. The van der Waals surface area contributed by atoms with Gasteiger partial charge in [-0.3, -0.25) is 0 Å². The molecule has 90 valence electrons. The van der Waals surface area contributed by atoms with E-state index in [2.05, 4.69) is 54.8 Å². The number of hydrogen-bond donors (Lipinski definition) is 0. The van der Waals surface area contributed by atoms with E-state index in [1.807, 2.05) is 0 Å². The highest BCUT2D eigenvalue weighted by Gasteiger charge is 2.04. The first-order valence-electron chi connectivity index (χ1n) is 6.55. The minimum atomic E-state index is 1.08. The smallest absolute Gasteiger partial charge is 0.170 e. The highest BCUT2D eigenvalue weighted by Crippen LogP contribution is 2.10. The van der Waals surface area contributed by atoms with Gasteiger partial charge >= 0.3 is 0 Å². The van der Waals surface area contributed by atoms with Crippen molar-refractivity contribution in [3.8, 4) is 0 Å². The summed E-state index contributed by atoms with van der Waals surface area (Å²) in [6.07, 6.45) is 8.29. The summed E-state index contributed by atoms with van der Waals surface area (Å²) in [5, 5.41) is 0. The Bertz CT molecular complexity index is 275. The van der Waals surface area contributed by atoms with Crippen molar-refractivity contribution in [2.24, 2.45) is 0 Å². The highest BCUT2D eigenvalue weighted by molar-refractivity contribution is 5.43. The number of unbranched alkanes of at least 4 members (excludes halogenated alkanes) is 2. The summed E-state index contributed by atoms with van der Waals surface area (Å²) in [6, 6.07) is 4.44. The molecule has 1 aromatic rings. The standard InChI is InChI=1S/C14H25N2/c1-4-7-8-11-15-12-9-14(10-13-15)16(5-2)6-3/h9-10,12-13H,4-8,11H2,1-3H3/q+1. The van der Waals surface area contributed by atoms with E-state index in [-0.39, 0.29) is 0 Å². The van der Waals surface area contributed by atoms with E-state index in [4.69, 9.17) is 0 Å². The molecule has 1 heterocycles. The van der Waals surface area contributed by atoms with Gasteiger partial charge in [0.15, 0.2) is 12.4 Å². The van der Waals surface area contributed by atoms with E-state index < -0.39 is 0 Å². The van der Waals surface area contributed by atoms with Gasteiger partial charge in [0.2, 0.25) is 0 Å². The quantitative estimate of drug-likeness (QED) is 0.507. The fraction of sp³-hybridized carbons (Fsp3) is 0.643. The molecule has 0 unspecified atom stereocenters. The number of anilines is 1. The maximum atomic E-state index is 2.37. The van der Waals surface area contributed by atoms with Crippen LogP contribution >= 0.6 is 0 Å². The number of nitrogens with zero attached hydrogens (tertiary/aromatic N) is 2. The van der Waals surface area contributed by atoms with Crippen molar-refractivity contribution in [2.75, 3.05) is 18.0 Å². The van der Waals surface area contributed by atoms with Gasteiger partial charge in [-0.15, -0.1) is 0 Å². The number of pyridine rings is 1. The molecule has 0 bridgehead atoms. The Kier molecular flexibility index (Phi) is 5.91. The first-order chi connectivity index (χ1) is 7.81. The summed E-state index contributed by atoms with van der Waals surface area (Å²) in [6.45, 7) is 9.95. The maximum Gasteiger partial charge on any atom is 0.170 e. The molecule has 0 fully saturated rings. The fourth-order valence-electron chi connectivity index (χ4n) is 1.94. The SMILES string of the molecule is CCCCC[n+]1ccc(N(CC)CC)cc1. The molecule has 1 aromatic heterocycles. The molecule has 2 heteroatoms. The zero-order valence-corrected chi connectivity index (χ0v) is 10.9. The Balaban J connectivity index is 2.53. The maximum absolute atomic E-state index is 2.37. The summed E-state index contributed by atoms with van der Waals surface area (Å²) in [5.41, 5.74) is 1.33. The monoisotopic (exact) mass is 221 g/mol. The van der Waals surface area contributed by atoms with Crippen LogP contribution in [0.5, 0.6) is 0 Å². The van der Waals surface area contributed by atoms with Gasteiger partial charge in [-0.2, -0.15) is 0 Å². The molecule has 0 aliphatic heterocycles. The minimum absolute atomic E-state index is 1.08. The topological polar surface area (TPSA) is 7.12 Å². The lowest BCUT2D eigenvalue weighted by atomic mass is 10.2. The summed E-state index contributed by atoms with van der Waals surface area (Å²) in [4.78, 5) is 2.37. The molecule has 0 amide bonds. The van der Waals surface area contributed by atoms with E-state index in [9.17, 15) is 0 Å².